The standard InChI is InChI=1S/C13H13N3O2/c1-10(12-6-4-8-16(12)2)15-18-13(17)11-5-3-7-14-9-11/h3-9H,1-2H3/b15-10+. The molecule has 2 aromatic heterocycles. The smallest absolute Gasteiger partial charge is 0.349 e. The second kappa shape index (κ2) is 5.27. The number of oxime groups is 1. The summed E-state index contributed by atoms with van der Waals surface area (Å²) < 4.78 is 1.90. The number of carbonyl (C=O) groups excluding carboxylic acids is 1. The Hall–Kier alpha value is -2.43. The van der Waals surface area contributed by atoms with E-state index in [4.69, 9.17) is 4.84 Å². The molecule has 0 saturated heterocycles. The molecule has 0 spiro atoms. The van der Waals surface area contributed by atoms with Crippen LogP contribution in [0.15, 0.2) is 48.0 Å². The molecule has 2 aromatic rings. The van der Waals surface area contributed by atoms with E-state index in [-0.39, 0.29) is 0 Å². The van der Waals surface area contributed by atoms with Gasteiger partial charge in [-0.2, -0.15) is 0 Å². The van der Waals surface area contributed by atoms with Gasteiger partial charge in [-0.15, -0.1) is 0 Å². The summed E-state index contributed by atoms with van der Waals surface area (Å²) in [4.78, 5) is 20.3. The number of aromatic nitrogens is 2. The van der Waals surface area contributed by atoms with Crippen LogP contribution in [0.5, 0.6) is 0 Å². The topological polar surface area (TPSA) is 56.5 Å². The summed E-state index contributed by atoms with van der Waals surface area (Å²) in [7, 11) is 1.90. The van der Waals surface area contributed by atoms with Crippen molar-refractivity contribution in [1.82, 2.24) is 9.55 Å². The van der Waals surface area contributed by atoms with Gasteiger partial charge in [-0.1, -0.05) is 5.16 Å². The van der Waals surface area contributed by atoms with Crippen molar-refractivity contribution in [2.45, 2.75) is 6.92 Å². The number of carbonyl (C=O) groups is 1. The molecule has 0 unspecified atom stereocenters. The zero-order valence-electron chi connectivity index (χ0n) is 10.2. The molecule has 5 nitrogen and oxygen atoms in total. The highest BCUT2D eigenvalue weighted by Gasteiger charge is 2.08. The summed E-state index contributed by atoms with van der Waals surface area (Å²) in [6.07, 6.45) is 4.93. The summed E-state index contributed by atoms with van der Waals surface area (Å²) in [6.45, 7) is 1.78. The number of rotatable bonds is 3. The fraction of sp³-hybridized carbons (Fsp3) is 0.154. The van der Waals surface area contributed by atoms with Crippen LogP contribution in [0, 0.1) is 0 Å². The first-order valence-electron chi connectivity index (χ1n) is 5.46. The maximum Gasteiger partial charge on any atom is 0.367 e. The predicted octanol–water partition coefficient (Wildman–Crippen LogP) is 2.00. The molecule has 0 aliphatic carbocycles. The average molecular weight is 243 g/mol. The molecule has 0 aliphatic heterocycles. The summed E-state index contributed by atoms with van der Waals surface area (Å²) in [5, 5.41) is 3.82. The predicted molar refractivity (Wildman–Crippen MR) is 67.3 cm³/mol. The first kappa shape index (κ1) is 12.0. The highest BCUT2D eigenvalue weighted by atomic mass is 16.7. The van der Waals surface area contributed by atoms with Crippen molar-refractivity contribution >= 4 is 11.7 Å². The van der Waals surface area contributed by atoms with E-state index in [9.17, 15) is 4.79 Å². The molecular weight excluding hydrogens is 230 g/mol. The van der Waals surface area contributed by atoms with Crippen molar-refractivity contribution in [2.24, 2.45) is 12.2 Å². The van der Waals surface area contributed by atoms with Gasteiger partial charge in [0.15, 0.2) is 0 Å². The Kier molecular flexibility index (Phi) is 3.52. The number of hydrogen-bond donors (Lipinski definition) is 0. The molecule has 0 fully saturated rings. The first-order valence-corrected chi connectivity index (χ1v) is 5.46. The van der Waals surface area contributed by atoms with E-state index in [1.165, 1.54) is 6.20 Å². The van der Waals surface area contributed by atoms with Crippen LogP contribution in [0.2, 0.25) is 0 Å². The Morgan fingerprint density at radius 2 is 2.22 bits per heavy atom. The highest BCUT2D eigenvalue weighted by molar-refractivity contribution is 5.98. The molecule has 0 atom stereocenters. The molecule has 92 valence electrons. The lowest BCUT2D eigenvalue weighted by Crippen LogP contribution is -2.06. The van der Waals surface area contributed by atoms with Crippen LogP contribution in [0.3, 0.4) is 0 Å². The number of aryl methyl sites for hydroxylation is 1. The number of pyridine rings is 1. The maximum atomic E-state index is 11.6. The van der Waals surface area contributed by atoms with Crippen LogP contribution in [-0.2, 0) is 11.9 Å². The summed E-state index contributed by atoms with van der Waals surface area (Å²) >= 11 is 0. The van der Waals surface area contributed by atoms with Crippen LogP contribution >= 0.6 is 0 Å². The molecule has 18 heavy (non-hydrogen) atoms. The summed E-state index contributed by atoms with van der Waals surface area (Å²) in [5.41, 5.74) is 1.91. The minimum Gasteiger partial charge on any atom is -0.349 e. The van der Waals surface area contributed by atoms with Crippen LogP contribution in [0.1, 0.15) is 23.0 Å². The van der Waals surface area contributed by atoms with Crippen molar-refractivity contribution in [2.75, 3.05) is 0 Å². The lowest BCUT2D eigenvalue weighted by atomic mass is 10.3. The van der Waals surface area contributed by atoms with Crippen molar-refractivity contribution in [3.05, 3.63) is 54.1 Å². The van der Waals surface area contributed by atoms with Gasteiger partial charge in [-0.05, 0) is 31.2 Å². The number of hydrogen-bond acceptors (Lipinski definition) is 4. The Balaban J connectivity index is 2.08. The lowest BCUT2D eigenvalue weighted by Gasteiger charge is -2.02. The molecule has 0 N–H and O–H groups in total. The Labute approximate surface area is 105 Å². The lowest BCUT2D eigenvalue weighted by molar-refractivity contribution is 0.0515. The van der Waals surface area contributed by atoms with Gasteiger partial charge < -0.3 is 9.40 Å². The van der Waals surface area contributed by atoms with Gasteiger partial charge in [0, 0.05) is 25.6 Å². The maximum absolute atomic E-state index is 11.6. The quantitative estimate of drug-likeness (QED) is 0.470. The van der Waals surface area contributed by atoms with Gasteiger partial charge in [-0.3, -0.25) is 4.98 Å². The van der Waals surface area contributed by atoms with E-state index < -0.39 is 5.97 Å². The van der Waals surface area contributed by atoms with E-state index in [0.717, 1.165) is 5.69 Å². The third kappa shape index (κ3) is 2.63. The molecule has 0 aliphatic rings. The van der Waals surface area contributed by atoms with Crippen molar-refractivity contribution in [1.29, 1.82) is 0 Å². The fourth-order valence-corrected chi connectivity index (χ4v) is 1.53. The minimum absolute atomic E-state index is 0.376. The van der Waals surface area contributed by atoms with E-state index in [0.29, 0.717) is 11.3 Å². The van der Waals surface area contributed by atoms with Crippen molar-refractivity contribution in [3.8, 4) is 0 Å². The monoisotopic (exact) mass is 243 g/mol. The Bertz CT molecular complexity index is 573. The Morgan fingerprint density at radius 1 is 1.39 bits per heavy atom. The van der Waals surface area contributed by atoms with E-state index >= 15 is 0 Å². The number of nitrogens with zero attached hydrogens (tertiary/aromatic N) is 3. The summed E-state index contributed by atoms with van der Waals surface area (Å²) in [6, 6.07) is 7.10. The van der Waals surface area contributed by atoms with E-state index in [1.54, 1.807) is 25.3 Å². The van der Waals surface area contributed by atoms with Gasteiger partial charge in [0.1, 0.15) is 5.71 Å². The zero-order valence-corrected chi connectivity index (χ0v) is 10.2. The molecule has 0 radical (unpaired) electrons. The van der Waals surface area contributed by atoms with Crippen molar-refractivity contribution in [3.63, 3.8) is 0 Å². The zero-order chi connectivity index (χ0) is 13.0. The minimum atomic E-state index is -0.517. The van der Waals surface area contributed by atoms with Gasteiger partial charge >= 0.3 is 5.97 Å². The Morgan fingerprint density at radius 3 is 2.83 bits per heavy atom. The van der Waals surface area contributed by atoms with Crippen LogP contribution in [0.4, 0.5) is 0 Å². The van der Waals surface area contributed by atoms with Gasteiger partial charge in [0.05, 0.1) is 11.3 Å². The third-order valence-corrected chi connectivity index (χ3v) is 2.48. The normalized spacial score (nSPS) is 11.3. The summed E-state index contributed by atoms with van der Waals surface area (Å²) in [5.74, 6) is -0.517. The molecule has 2 heterocycles. The second-order valence-electron chi connectivity index (χ2n) is 3.80. The molecule has 0 bridgehead atoms. The van der Waals surface area contributed by atoms with Crippen LogP contribution in [-0.4, -0.2) is 21.2 Å². The SMILES string of the molecule is C/C(=N\OC(=O)c1cccnc1)c1cccn1C. The van der Waals surface area contributed by atoms with Gasteiger partial charge in [-0.25, -0.2) is 4.79 Å². The van der Waals surface area contributed by atoms with Gasteiger partial charge in [0.2, 0.25) is 0 Å². The van der Waals surface area contributed by atoms with Crippen LogP contribution in [0.25, 0.3) is 0 Å². The van der Waals surface area contributed by atoms with E-state index in [1.807, 2.05) is 29.9 Å². The second-order valence-corrected chi connectivity index (χ2v) is 3.80. The largest absolute Gasteiger partial charge is 0.367 e. The van der Waals surface area contributed by atoms with Crippen molar-refractivity contribution < 1.29 is 9.63 Å². The highest BCUT2D eigenvalue weighted by Crippen LogP contribution is 2.04. The molecule has 2 rings (SSSR count). The van der Waals surface area contributed by atoms with E-state index in [2.05, 4.69) is 10.1 Å². The average Bonchev–Trinajstić information content (AvgIpc) is 2.83. The molecule has 0 saturated carbocycles. The van der Waals surface area contributed by atoms with Crippen LogP contribution < -0.4 is 0 Å². The molecule has 5 heteroatoms. The fourth-order valence-electron chi connectivity index (χ4n) is 1.53. The molecule has 0 amide bonds. The molecule has 0 aromatic carbocycles. The molecular formula is C13H13N3O2. The first-order chi connectivity index (χ1) is 8.68. The van der Waals surface area contributed by atoms with Gasteiger partial charge in [0.25, 0.3) is 0 Å². The third-order valence-electron chi connectivity index (χ3n) is 2.48.